The van der Waals surface area contributed by atoms with Gasteiger partial charge < -0.3 is 5.11 Å². The van der Waals surface area contributed by atoms with Crippen molar-refractivity contribution in [2.45, 2.75) is 20.3 Å². The highest BCUT2D eigenvalue weighted by Crippen LogP contribution is 2.19. The van der Waals surface area contributed by atoms with E-state index in [9.17, 15) is 9.59 Å². The molecule has 6 nitrogen and oxygen atoms in total. The molecular formula is C14H15N3O3S. The first kappa shape index (κ1) is 15.1. The first-order chi connectivity index (χ1) is 9.97. The second-order valence-corrected chi connectivity index (χ2v) is 5.97. The number of aromatic nitrogens is 2. The molecule has 0 saturated heterocycles. The van der Waals surface area contributed by atoms with E-state index in [0.29, 0.717) is 11.0 Å². The van der Waals surface area contributed by atoms with Gasteiger partial charge in [-0.15, -0.1) is 10.2 Å². The molecule has 0 aliphatic heterocycles. The Labute approximate surface area is 125 Å². The summed E-state index contributed by atoms with van der Waals surface area (Å²) in [7, 11) is 0. The molecule has 0 unspecified atom stereocenters. The van der Waals surface area contributed by atoms with E-state index in [1.54, 1.807) is 12.1 Å². The van der Waals surface area contributed by atoms with Gasteiger partial charge in [0.15, 0.2) is 0 Å². The van der Waals surface area contributed by atoms with Crippen molar-refractivity contribution in [3.05, 3.63) is 40.4 Å². The molecule has 0 aliphatic rings. The number of carboxylic acid groups (broad SMARTS) is 1. The number of anilines is 1. The maximum atomic E-state index is 12.1. The van der Waals surface area contributed by atoms with Gasteiger partial charge in [-0.2, -0.15) is 0 Å². The van der Waals surface area contributed by atoms with Gasteiger partial charge in [0.2, 0.25) is 5.13 Å². The molecule has 0 aliphatic carbocycles. The number of benzene rings is 1. The van der Waals surface area contributed by atoms with E-state index in [2.05, 4.69) is 29.4 Å². The van der Waals surface area contributed by atoms with Crippen LogP contribution in [0.3, 0.4) is 0 Å². The zero-order valence-corrected chi connectivity index (χ0v) is 12.5. The number of aromatic carboxylic acids is 1. The second-order valence-electron chi connectivity index (χ2n) is 4.90. The Kier molecular flexibility index (Phi) is 4.64. The van der Waals surface area contributed by atoms with E-state index in [0.717, 1.165) is 11.4 Å². The number of rotatable bonds is 5. The number of carboxylic acids is 1. The van der Waals surface area contributed by atoms with Crippen molar-refractivity contribution >= 4 is 28.3 Å². The van der Waals surface area contributed by atoms with Crippen molar-refractivity contribution in [2.24, 2.45) is 5.92 Å². The molecule has 21 heavy (non-hydrogen) atoms. The van der Waals surface area contributed by atoms with Crippen molar-refractivity contribution in [1.82, 2.24) is 10.2 Å². The summed E-state index contributed by atoms with van der Waals surface area (Å²) in [4.78, 5) is 23.2. The van der Waals surface area contributed by atoms with Gasteiger partial charge in [-0.25, -0.2) is 4.79 Å². The molecule has 0 atom stereocenters. The maximum absolute atomic E-state index is 12.1. The zero-order chi connectivity index (χ0) is 15.4. The van der Waals surface area contributed by atoms with Crippen molar-refractivity contribution in [2.75, 3.05) is 5.32 Å². The van der Waals surface area contributed by atoms with Gasteiger partial charge in [-0.05, 0) is 18.1 Å². The number of carbonyl (C=O) groups excluding carboxylic acids is 1. The third-order valence-electron chi connectivity index (χ3n) is 2.67. The minimum atomic E-state index is -1.14. The number of carbonyl (C=O) groups is 2. The average Bonchev–Trinajstić information content (AvgIpc) is 2.85. The lowest BCUT2D eigenvalue weighted by atomic mass is 10.1. The average molecular weight is 305 g/mol. The summed E-state index contributed by atoms with van der Waals surface area (Å²) in [5.74, 6) is -1.19. The number of nitrogens with zero attached hydrogens (tertiary/aromatic N) is 2. The predicted molar refractivity (Wildman–Crippen MR) is 79.8 cm³/mol. The van der Waals surface area contributed by atoms with Crippen LogP contribution < -0.4 is 5.32 Å². The molecule has 0 radical (unpaired) electrons. The molecule has 2 rings (SSSR count). The van der Waals surface area contributed by atoms with E-state index < -0.39 is 11.9 Å². The topological polar surface area (TPSA) is 92.2 Å². The molecule has 1 aromatic heterocycles. The van der Waals surface area contributed by atoms with Gasteiger partial charge in [0, 0.05) is 6.42 Å². The minimum Gasteiger partial charge on any atom is -0.478 e. The van der Waals surface area contributed by atoms with Crippen LogP contribution in [0.5, 0.6) is 0 Å². The summed E-state index contributed by atoms with van der Waals surface area (Å²) in [5, 5.41) is 20.8. The first-order valence-electron chi connectivity index (χ1n) is 6.43. The largest absolute Gasteiger partial charge is 0.478 e. The molecule has 1 heterocycles. The van der Waals surface area contributed by atoms with E-state index >= 15 is 0 Å². The van der Waals surface area contributed by atoms with Gasteiger partial charge in [-0.3, -0.25) is 10.1 Å². The lowest BCUT2D eigenvalue weighted by Gasteiger charge is -2.04. The molecule has 0 bridgehead atoms. The van der Waals surface area contributed by atoms with E-state index in [1.165, 1.54) is 23.5 Å². The molecular weight excluding hydrogens is 290 g/mol. The van der Waals surface area contributed by atoms with Crippen molar-refractivity contribution in [1.29, 1.82) is 0 Å². The Bertz CT molecular complexity index is 667. The summed E-state index contributed by atoms with van der Waals surface area (Å²) in [6, 6.07) is 6.05. The molecule has 1 aromatic carbocycles. The van der Waals surface area contributed by atoms with Crippen LogP contribution >= 0.6 is 11.3 Å². The van der Waals surface area contributed by atoms with Crippen LogP contribution in [0.1, 0.15) is 39.6 Å². The standard InChI is InChI=1S/C14H15N3O3S/c1-8(2)7-11-16-17-14(21-11)15-12(18)9-5-3-4-6-10(9)13(19)20/h3-6,8H,7H2,1-2H3,(H,19,20)(H,15,17,18). The lowest BCUT2D eigenvalue weighted by molar-refractivity contribution is 0.0692. The molecule has 2 N–H and O–H groups in total. The Morgan fingerprint density at radius 3 is 2.52 bits per heavy atom. The van der Waals surface area contributed by atoms with Crippen LogP contribution in [-0.4, -0.2) is 27.2 Å². The Hall–Kier alpha value is -2.28. The summed E-state index contributed by atoms with van der Waals surface area (Å²) in [5.41, 5.74) is 0.0625. The molecule has 110 valence electrons. The first-order valence-corrected chi connectivity index (χ1v) is 7.25. The van der Waals surface area contributed by atoms with E-state index in [4.69, 9.17) is 5.11 Å². The highest BCUT2D eigenvalue weighted by atomic mass is 32.1. The summed E-state index contributed by atoms with van der Waals surface area (Å²) in [6.07, 6.45) is 0.791. The van der Waals surface area contributed by atoms with E-state index in [1.807, 2.05) is 0 Å². The molecule has 1 amide bonds. The zero-order valence-electron chi connectivity index (χ0n) is 11.7. The molecule has 7 heteroatoms. The van der Waals surface area contributed by atoms with Gasteiger partial charge >= 0.3 is 5.97 Å². The fourth-order valence-electron chi connectivity index (χ4n) is 1.77. The SMILES string of the molecule is CC(C)Cc1nnc(NC(=O)c2ccccc2C(=O)O)s1. The Morgan fingerprint density at radius 2 is 1.90 bits per heavy atom. The van der Waals surface area contributed by atoms with Crippen LogP contribution in [0.25, 0.3) is 0 Å². The third-order valence-corrected chi connectivity index (χ3v) is 3.53. The van der Waals surface area contributed by atoms with Gasteiger partial charge in [0.05, 0.1) is 11.1 Å². The normalized spacial score (nSPS) is 10.6. The van der Waals surface area contributed by atoms with Crippen molar-refractivity contribution in [3.63, 3.8) is 0 Å². The van der Waals surface area contributed by atoms with Gasteiger partial charge in [0.25, 0.3) is 5.91 Å². The Balaban J connectivity index is 2.15. The monoisotopic (exact) mass is 305 g/mol. The second kappa shape index (κ2) is 6.45. The smallest absolute Gasteiger partial charge is 0.336 e. The molecule has 0 spiro atoms. The van der Waals surface area contributed by atoms with Crippen LogP contribution in [0, 0.1) is 5.92 Å². The van der Waals surface area contributed by atoms with E-state index in [-0.39, 0.29) is 11.1 Å². The molecule has 0 saturated carbocycles. The number of amides is 1. The van der Waals surface area contributed by atoms with Crippen LogP contribution in [-0.2, 0) is 6.42 Å². The highest BCUT2D eigenvalue weighted by Gasteiger charge is 2.17. The van der Waals surface area contributed by atoms with Crippen LogP contribution in [0.2, 0.25) is 0 Å². The Morgan fingerprint density at radius 1 is 1.24 bits per heavy atom. The van der Waals surface area contributed by atoms with Crippen molar-refractivity contribution < 1.29 is 14.7 Å². The quantitative estimate of drug-likeness (QED) is 0.886. The maximum Gasteiger partial charge on any atom is 0.336 e. The van der Waals surface area contributed by atoms with Crippen LogP contribution in [0.4, 0.5) is 5.13 Å². The minimum absolute atomic E-state index is 0.0399. The fourth-order valence-corrected chi connectivity index (χ4v) is 2.71. The number of hydrogen-bond acceptors (Lipinski definition) is 5. The number of hydrogen-bond donors (Lipinski definition) is 2. The summed E-state index contributed by atoms with van der Waals surface area (Å²) < 4.78 is 0. The fraction of sp³-hybridized carbons (Fsp3) is 0.286. The third kappa shape index (κ3) is 3.85. The summed E-state index contributed by atoms with van der Waals surface area (Å²) >= 11 is 1.30. The van der Waals surface area contributed by atoms with Gasteiger partial charge in [0.1, 0.15) is 5.01 Å². The predicted octanol–water partition coefficient (Wildman–Crippen LogP) is 2.69. The lowest BCUT2D eigenvalue weighted by Crippen LogP contribution is -2.16. The van der Waals surface area contributed by atoms with Crippen LogP contribution in [0.15, 0.2) is 24.3 Å². The molecule has 0 fully saturated rings. The number of nitrogens with one attached hydrogen (secondary N) is 1. The highest BCUT2D eigenvalue weighted by molar-refractivity contribution is 7.15. The molecule has 2 aromatic rings. The van der Waals surface area contributed by atoms with Gasteiger partial charge in [-0.1, -0.05) is 37.3 Å². The van der Waals surface area contributed by atoms with Crippen molar-refractivity contribution in [3.8, 4) is 0 Å². The summed E-state index contributed by atoms with van der Waals surface area (Å²) in [6.45, 7) is 4.14.